The normalized spacial score (nSPS) is 12.5. The molecule has 0 aliphatic carbocycles. The van der Waals surface area contributed by atoms with Crippen molar-refractivity contribution >= 4 is 27.3 Å². The molecule has 0 aliphatic heterocycles. The van der Waals surface area contributed by atoms with Gasteiger partial charge in [0, 0.05) is 29.5 Å². The minimum atomic E-state index is -3.80. The second-order valence-electron chi connectivity index (χ2n) is 5.45. The smallest absolute Gasteiger partial charge is 0.251 e. The van der Waals surface area contributed by atoms with Crippen LogP contribution in [0.1, 0.15) is 21.4 Å². The van der Waals surface area contributed by atoms with E-state index in [9.17, 15) is 13.2 Å². The number of hydrogen-bond acceptors (Lipinski definition) is 5. The van der Waals surface area contributed by atoms with Gasteiger partial charge in [0.15, 0.2) is 9.84 Å². The zero-order valence-corrected chi connectivity index (χ0v) is 15.1. The molecule has 3 aromatic rings. The van der Waals surface area contributed by atoms with Gasteiger partial charge in [-0.1, -0.05) is 11.6 Å². The van der Waals surface area contributed by atoms with Crippen LogP contribution in [0, 0.1) is 0 Å². The van der Waals surface area contributed by atoms with E-state index in [4.69, 9.17) is 16.0 Å². The van der Waals surface area contributed by atoms with Gasteiger partial charge in [-0.3, -0.25) is 9.78 Å². The molecule has 1 amide bonds. The van der Waals surface area contributed by atoms with Crippen LogP contribution in [-0.4, -0.2) is 25.9 Å². The third-order valence-electron chi connectivity index (χ3n) is 3.77. The number of furan rings is 1. The fraction of sp³-hybridized carbons (Fsp3) is 0.111. The maximum atomic E-state index is 13.0. The number of nitrogens with zero attached hydrogens (tertiary/aromatic N) is 1. The summed E-state index contributed by atoms with van der Waals surface area (Å²) in [5.41, 5.74) is 0.391. The van der Waals surface area contributed by atoms with Gasteiger partial charge in [0.05, 0.1) is 11.2 Å². The standard InChI is InChI=1S/C18H15ClN2O4S/c19-14-3-5-15(6-4-14)26(23,24)17(16-2-1-11-25-16)12-21-18(22)13-7-9-20-10-8-13/h1-11,17H,12H2,(H,21,22). The van der Waals surface area contributed by atoms with Gasteiger partial charge in [-0.05, 0) is 48.5 Å². The number of benzene rings is 1. The summed E-state index contributed by atoms with van der Waals surface area (Å²) in [6, 6.07) is 12.1. The SMILES string of the molecule is O=C(NCC(c1ccco1)S(=O)(=O)c1ccc(Cl)cc1)c1ccncc1. The summed E-state index contributed by atoms with van der Waals surface area (Å²) in [5, 5.41) is 2.01. The maximum Gasteiger partial charge on any atom is 0.251 e. The van der Waals surface area contributed by atoms with Gasteiger partial charge in [0.1, 0.15) is 11.0 Å². The monoisotopic (exact) mass is 390 g/mol. The number of pyridine rings is 1. The Balaban J connectivity index is 1.86. The first kappa shape index (κ1) is 18.2. The van der Waals surface area contributed by atoms with Crippen molar-refractivity contribution in [1.82, 2.24) is 10.3 Å². The predicted molar refractivity (Wildman–Crippen MR) is 96.7 cm³/mol. The number of rotatable bonds is 6. The average Bonchev–Trinajstić information content (AvgIpc) is 3.17. The number of sulfone groups is 1. The molecule has 0 saturated carbocycles. The predicted octanol–water partition coefficient (Wildman–Crippen LogP) is 3.27. The number of nitrogens with one attached hydrogen (secondary N) is 1. The number of halogens is 1. The molecule has 0 saturated heterocycles. The first-order valence-corrected chi connectivity index (χ1v) is 9.62. The number of aromatic nitrogens is 1. The Bertz CT molecular complexity index is 972. The second-order valence-corrected chi connectivity index (χ2v) is 8.02. The first-order valence-electron chi connectivity index (χ1n) is 7.69. The first-order chi connectivity index (χ1) is 12.5. The molecular weight excluding hydrogens is 376 g/mol. The molecule has 0 fully saturated rings. The largest absolute Gasteiger partial charge is 0.468 e. The minimum Gasteiger partial charge on any atom is -0.468 e. The Morgan fingerprint density at radius 3 is 2.42 bits per heavy atom. The highest BCUT2D eigenvalue weighted by Crippen LogP contribution is 2.29. The summed E-state index contributed by atoms with van der Waals surface area (Å²) in [4.78, 5) is 16.2. The third-order valence-corrected chi connectivity index (χ3v) is 6.10. The second kappa shape index (κ2) is 7.72. The van der Waals surface area contributed by atoms with Crippen LogP contribution >= 0.6 is 11.6 Å². The summed E-state index contributed by atoms with van der Waals surface area (Å²) in [5.74, 6) is -0.148. The van der Waals surface area contributed by atoms with E-state index in [-0.39, 0.29) is 17.2 Å². The third kappa shape index (κ3) is 3.95. The molecule has 0 radical (unpaired) electrons. The number of hydrogen-bond donors (Lipinski definition) is 1. The van der Waals surface area contributed by atoms with Crippen LogP contribution in [0.2, 0.25) is 5.02 Å². The van der Waals surface area contributed by atoms with Gasteiger partial charge in [-0.15, -0.1) is 0 Å². The highest BCUT2D eigenvalue weighted by molar-refractivity contribution is 7.91. The van der Waals surface area contributed by atoms with Crippen LogP contribution < -0.4 is 5.32 Å². The summed E-state index contributed by atoms with van der Waals surface area (Å²) in [7, 11) is -3.80. The number of carbonyl (C=O) groups excluding carboxylic acids is 1. The molecule has 1 atom stereocenters. The van der Waals surface area contributed by atoms with E-state index in [1.165, 1.54) is 42.9 Å². The molecule has 2 aromatic heterocycles. The lowest BCUT2D eigenvalue weighted by Gasteiger charge is -2.17. The summed E-state index contributed by atoms with van der Waals surface area (Å²) < 4.78 is 31.4. The van der Waals surface area contributed by atoms with Gasteiger partial charge < -0.3 is 9.73 Å². The molecule has 8 heteroatoms. The lowest BCUT2D eigenvalue weighted by atomic mass is 10.2. The van der Waals surface area contributed by atoms with Crippen LogP contribution in [0.5, 0.6) is 0 Å². The van der Waals surface area contributed by atoms with E-state index < -0.39 is 21.0 Å². The summed E-state index contributed by atoms with van der Waals surface area (Å²) in [6.45, 7) is -0.139. The van der Waals surface area contributed by atoms with Crippen molar-refractivity contribution in [3.8, 4) is 0 Å². The van der Waals surface area contributed by atoms with Crippen molar-refractivity contribution in [2.24, 2.45) is 0 Å². The molecule has 134 valence electrons. The molecule has 0 bridgehead atoms. The van der Waals surface area contributed by atoms with Gasteiger partial charge >= 0.3 is 0 Å². The van der Waals surface area contributed by atoms with Crippen LogP contribution in [0.3, 0.4) is 0 Å². The summed E-state index contributed by atoms with van der Waals surface area (Å²) in [6.07, 6.45) is 4.37. The fourth-order valence-corrected chi connectivity index (χ4v) is 4.13. The molecule has 26 heavy (non-hydrogen) atoms. The molecule has 3 rings (SSSR count). The van der Waals surface area contributed by atoms with Crippen LogP contribution in [-0.2, 0) is 9.84 Å². The Labute approximate surface area is 155 Å². The fourth-order valence-electron chi connectivity index (χ4n) is 2.42. The Morgan fingerprint density at radius 2 is 1.81 bits per heavy atom. The summed E-state index contributed by atoms with van der Waals surface area (Å²) >= 11 is 5.84. The van der Waals surface area contributed by atoms with E-state index in [1.807, 2.05) is 0 Å². The number of carbonyl (C=O) groups is 1. The van der Waals surface area contributed by atoms with E-state index in [2.05, 4.69) is 10.3 Å². The van der Waals surface area contributed by atoms with Crippen molar-refractivity contribution in [3.63, 3.8) is 0 Å². The van der Waals surface area contributed by atoms with Gasteiger partial charge in [0.25, 0.3) is 5.91 Å². The van der Waals surface area contributed by atoms with E-state index in [1.54, 1.807) is 24.3 Å². The van der Waals surface area contributed by atoms with Crippen LogP contribution in [0.4, 0.5) is 0 Å². The van der Waals surface area contributed by atoms with Gasteiger partial charge in [-0.25, -0.2) is 8.42 Å². The van der Waals surface area contributed by atoms with Crippen molar-refractivity contribution in [3.05, 3.63) is 83.5 Å². The topological polar surface area (TPSA) is 89.3 Å². The zero-order chi connectivity index (χ0) is 18.6. The molecular formula is C18H15ClN2O4S. The Kier molecular flexibility index (Phi) is 5.39. The highest BCUT2D eigenvalue weighted by Gasteiger charge is 2.32. The quantitative estimate of drug-likeness (QED) is 0.697. The molecule has 6 nitrogen and oxygen atoms in total. The molecule has 1 unspecified atom stereocenters. The lowest BCUT2D eigenvalue weighted by molar-refractivity contribution is 0.0953. The highest BCUT2D eigenvalue weighted by atomic mass is 35.5. The zero-order valence-electron chi connectivity index (χ0n) is 13.5. The number of amides is 1. The van der Waals surface area contributed by atoms with Crippen molar-refractivity contribution < 1.29 is 17.6 Å². The van der Waals surface area contributed by atoms with Crippen molar-refractivity contribution in [2.45, 2.75) is 10.1 Å². The molecule has 2 heterocycles. The van der Waals surface area contributed by atoms with Crippen LogP contribution in [0.25, 0.3) is 0 Å². The van der Waals surface area contributed by atoms with Gasteiger partial charge in [0.2, 0.25) is 0 Å². The lowest BCUT2D eigenvalue weighted by Crippen LogP contribution is -2.31. The molecule has 1 N–H and O–H groups in total. The van der Waals surface area contributed by atoms with Crippen molar-refractivity contribution in [1.29, 1.82) is 0 Å². The van der Waals surface area contributed by atoms with Gasteiger partial charge in [-0.2, -0.15) is 0 Å². The average molecular weight is 391 g/mol. The minimum absolute atomic E-state index is 0.0986. The molecule has 0 spiro atoms. The van der Waals surface area contributed by atoms with E-state index in [0.717, 1.165) is 0 Å². The molecule has 0 aliphatic rings. The van der Waals surface area contributed by atoms with Crippen LogP contribution in [0.15, 0.2) is 76.5 Å². The molecule has 1 aromatic carbocycles. The Morgan fingerprint density at radius 1 is 1.12 bits per heavy atom. The maximum absolute atomic E-state index is 13.0. The van der Waals surface area contributed by atoms with E-state index in [0.29, 0.717) is 10.6 Å². The Hall–Kier alpha value is -2.64. The van der Waals surface area contributed by atoms with Crippen molar-refractivity contribution in [2.75, 3.05) is 6.54 Å². The van der Waals surface area contributed by atoms with E-state index >= 15 is 0 Å².